The van der Waals surface area contributed by atoms with E-state index in [-0.39, 0.29) is 56.4 Å². The van der Waals surface area contributed by atoms with Crippen LogP contribution >= 0.6 is 0 Å². The van der Waals surface area contributed by atoms with E-state index in [2.05, 4.69) is 38.6 Å². The lowest BCUT2D eigenvalue weighted by atomic mass is 9.84. The average Bonchev–Trinajstić information content (AvgIpc) is 3.63. The standard InChI is InChI=1S/C54H67N9O9/c1-10-62-45-19-16-35-28-40(45)41(48(62)39-14-11-21-55-44(39)31-71-9)29-53(4,5)32-72-52(69)54(70)20-13-23-63(59-54)51(68)43(26-34-24-36(35)27-38(64)25-34)58-49(66)47(33(2)3)61(8)50(67)42-18-17-37(30-56-42)57-46(65)15-12-22-60(6)7/h11-12,14-19,21,24-25,27-28,30,33,43,47,59,64,70H,10,13,20,22-23,26,29,31-32H2,1-9H3,(H,57,65)(H,58,66)/b15-12+/t43-,47-,54-/m0/s1. The van der Waals surface area contributed by atoms with E-state index in [0.29, 0.717) is 36.3 Å². The van der Waals surface area contributed by atoms with E-state index in [1.165, 1.54) is 36.4 Å². The summed E-state index contributed by atoms with van der Waals surface area (Å²) in [7, 11) is 6.87. The molecule has 72 heavy (non-hydrogen) atoms. The number of aliphatic hydroxyl groups is 1. The first kappa shape index (κ1) is 52.8. The van der Waals surface area contributed by atoms with Crippen molar-refractivity contribution in [2.45, 2.75) is 91.3 Å². The summed E-state index contributed by atoms with van der Waals surface area (Å²) in [6, 6.07) is 15.6. The van der Waals surface area contributed by atoms with Gasteiger partial charge >= 0.3 is 5.97 Å². The maximum atomic E-state index is 14.8. The second kappa shape index (κ2) is 22.2. The Labute approximate surface area is 420 Å². The van der Waals surface area contributed by atoms with Crippen LogP contribution in [0.15, 0.2) is 85.2 Å². The normalized spacial score (nSPS) is 18.8. The summed E-state index contributed by atoms with van der Waals surface area (Å²) < 4.78 is 13.8. The fraction of sp³-hybridized carbons (Fsp3) is 0.426. The van der Waals surface area contributed by atoms with Crippen LogP contribution in [0.5, 0.6) is 5.75 Å². The number of aromatic hydroxyl groups is 1. The Bertz CT molecular complexity index is 2860. The monoisotopic (exact) mass is 986 g/mol. The SMILES string of the molecule is CCn1c(-c2cccnc2COC)c2c3cc(ccc31)-c1cc(O)cc(c1)C[C@H](NC(=O)[C@H](C(C)C)N(C)C(=O)c1ccc(NC(=O)/C=C/CN(C)C)cn1)C(=O)N1CCC[C@@](O)(N1)C(=O)OCC(C)(C)C2. The molecule has 18 nitrogen and oxygen atoms in total. The number of nitrogens with zero attached hydrogens (tertiary/aromatic N) is 6. The predicted octanol–water partition coefficient (Wildman–Crippen LogP) is 5.46. The summed E-state index contributed by atoms with van der Waals surface area (Å²) in [5.74, 6) is -3.75. The Kier molecular flexibility index (Phi) is 16.3. The molecule has 18 heteroatoms. The number of nitrogens with one attached hydrogen (secondary N) is 3. The maximum Gasteiger partial charge on any atom is 0.355 e. The summed E-state index contributed by atoms with van der Waals surface area (Å²) in [5, 5.41) is 30.9. The number of fused-ring (bicyclic) bond motifs is 6. The molecule has 0 spiro atoms. The second-order valence-corrected chi connectivity index (χ2v) is 20.1. The van der Waals surface area contributed by atoms with Gasteiger partial charge in [0.1, 0.15) is 23.5 Å². The molecular weight excluding hydrogens is 919 g/mol. The number of hydrazine groups is 1. The van der Waals surface area contributed by atoms with Gasteiger partial charge in [0.15, 0.2) is 0 Å². The van der Waals surface area contributed by atoms with Crippen LogP contribution in [0.3, 0.4) is 0 Å². The highest BCUT2D eigenvalue weighted by atomic mass is 16.6. The molecule has 2 aliphatic heterocycles. The van der Waals surface area contributed by atoms with Gasteiger partial charge in [0.2, 0.25) is 17.5 Å². The Hall–Kier alpha value is -6.99. The minimum absolute atomic E-state index is 0.0180. The van der Waals surface area contributed by atoms with Gasteiger partial charge in [-0.05, 0) is 111 Å². The fourth-order valence-electron chi connectivity index (χ4n) is 9.60. The van der Waals surface area contributed by atoms with Crippen molar-refractivity contribution < 1.29 is 43.7 Å². The van der Waals surface area contributed by atoms with Gasteiger partial charge in [-0.25, -0.2) is 9.78 Å². The molecule has 7 rings (SSSR count). The smallest absolute Gasteiger partial charge is 0.355 e. The number of pyridine rings is 2. The van der Waals surface area contributed by atoms with Gasteiger partial charge in [-0.15, -0.1) is 0 Å². The number of anilines is 1. The van der Waals surface area contributed by atoms with E-state index in [0.717, 1.165) is 44.0 Å². The number of likely N-dealkylation sites (N-methyl/N-ethyl adjacent to an activating group) is 2. The van der Waals surface area contributed by atoms with E-state index in [1.807, 2.05) is 63.2 Å². The molecule has 3 atom stereocenters. The van der Waals surface area contributed by atoms with Crippen molar-refractivity contribution in [3.8, 4) is 28.1 Å². The van der Waals surface area contributed by atoms with Crippen LogP contribution in [0.2, 0.25) is 0 Å². The number of phenols is 1. The van der Waals surface area contributed by atoms with E-state index < -0.39 is 52.8 Å². The van der Waals surface area contributed by atoms with Crippen LogP contribution in [0.25, 0.3) is 33.3 Å². The first-order chi connectivity index (χ1) is 34.2. The average molecular weight is 986 g/mol. The summed E-state index contributed by atoms with van der Waals surface area (Å²) >= 11 is 0. The molecule has 3 aromatic heterocycles. The number of hydrogen-bond donors (Lipinski definition) is 5. The Balaban J connectivity index is 1.26. The molecule has 0 aliphatic carbocycles. The van der Waals surface area contributed by atoms with Gasteiger partial charge in [0.05, 0.1) is 36.5 Å². The molecular formula is C54H67N9O9. The van der Waals surface area contributed by atoms with E-state index in [9.17, 15) is 34.2 Å². The molecule has 0 saturated carbocycles. The first-order valence-corrected chi connectivity index (χ1v) is 24.3. The predicted molar refractivity (Wildman–Crippen MR) is 273 cm³/mol. The molecule has 5 heterocycles. The number of methoxy groups -OCH3 is 1. The van der Waals surface area contributed by atoms with Gasteiger partial charge in [0.25, 0.3) is 11.8 Å². The molecule has 0 unspecified atom stereocenters. The third-order valence-electron chi connectivity index (χ3n) is 13.0. The highest BCUT2D eigenvalue weighted by Gasteiger charge is 2.45. The zero-order chi connectivity index (χ0) is 52.1. The van der Waals surface area contributed by atoms with Crippen LogP contribution in [0.4, 0.5) is 5.69 Å². The zero-order valence-electron chi connectivity index (χ0n) is 42.6. The Morgan fingerprint density at radius 3 is 2.51 bits per heavy atom. The van der Waals surface area contributed by atoms with Crippen molar-refractivity contribution >= 4 is 46.2 Å². The quantitative estimate of drug-likeness (QED) is 0.0732. The Morgan fingerprint density at radius 1 is 1.04 bits per heavy atom. The number of aryl methyl sites for hydroxylation is 1. The molecule has 2 aliphatic rings. The van der Waals surface area contributed by atoms with E-state index in [4.69, 9.17) is 14.5 Å². The second-order valence-electron chi connectivity index (χ2n) is 20.1. The third kappa shape index (κ3) is 11.8. The summed E-state index contributed by atoms with van der Waals surface area (Å²) in [6.07, 6.45) is 6.70. The summed E-state index contributed by atoms with van der Waals surface area (Å²) in [4.78, 5) is 82.0. The van der Waals surface area contributed by atoms with Crippen LogP contribution in [-0.4, -0.2) is 135 Å². The van der Waals surface area contributed by atoms with Crippen molar-refractivity contribution in [2.24, 2.45) is 11.3 Å². The number of phenolic OH excluding ortho intramolecular Hbond substituents is 1. The minimum Gasteiger partial charge on any atom is -0.508 e. The van der Waals surface area contributed by atoms with E-state index in [1.54, 1.807) is 45.4 Å². The molecule has 0 radical (unpaired) electrons. The largest absolute Gasteiger partial charge is 0.508 e. The number of carbonyl (C=O) groups excluding carboxylic acids is 5. The molecule has 5 N–H and O–H groups in total. The lowest BCUT2D eigenvalue weighted by Crippen LogP contribution is -2.67. The molecule has 4 amide bonds. The van der Waals surface area contributed by atoms with Crippen LogP contribution in [0.1, 0.15) is 74.8 Å². The van der Waals surface area contributed by atoms with Gasteiger partial charge < -0.3 is 44.7 Å². The van der Waals surface area contributed by atoms with Crippen LogP contribution in [0, 0.1) is 11.3 Å². The zero-order valence-corrected chi connectivity index (χ0v) is 42.6. The first-order valence-electron chi connectivity index (χ1n) is 24.3. The van der Waals surface area contributed by atoms with Gasteiger partial charge in [0, 0.05) is 80.8 Å². The van der Waals surface area contributed by atoms with Crippen molar-refractivity contribution in [1.29, 1.82) is 0 Å². The van der Waals surface area contributed by atoms with E-state index >= 15 is 0 Å². The molecule has 6 bridgehead atoms. The third-order valence-corrected chi connectivity index (χ3v) is 13.0. The van der Waals surface area contributed by atoms with Crippen molar-refractivity contribution in [3.05, 3.63) is 108 Å². The number of aromatic nitrogens is 3. The van der Waals surface area contributed by atoms with Gasteiger partial charge in [-0.1, -0.05) is 45.9 Å². The van der Waals surface area contributed by atoms with Gasteiger partial charge in [-0.3, -0.25) is 29.2 Å². The van der Waals surface area contributed by atoms with Crippen LogP contribution in [-0.2, 0) is 54.6 Å². The van der Waals surface area contributed by atoms with Gasteiger partial charge in [-0.2, -0.15) is 5.43 Å². The minimum atomic E-state index is -2.29. The molecule has 382 valence electrons. The molecule has 1 saturated heterocycles. The lowest BCUT2D eigenvalue weighted by molar-refractivity contribution is -0.189. The summed E-state index contributed by atoms with van der Waals surface area (Å²) in [5.41, 5.74) is 6.65. The number of ether oxygens (including phenoxy) is 2. The highest BCUT2D eigenvalue weighted by Crippen LogP contribution is 2.41. The van der Waals surface area contributed by atoms with Crippen molar-refractivity contribution in [1.82, 2.24) is 40.1 Å². The maximum absolute atomic E-state index is 14.8. The number of esters is 1. The number of hydrogen-bond acceptors (Lipinski definition) is 13. The number of cyclic esters (lactones) is 1. The fourth-order valence-corrected chi connectivity index (χ4v) is 9.60. The number of amides is 4. The van der Waals surface area contributed by atoms with Crippen molar-refractivity contribution in [2.75, 3.05) is 53.3 Å². The Morgan fingerprint density at radius 2 is 1.82 bits per heavy atom. The van der Waals surface area contributed by atoms with Crippen LogP contribution < -0.4 is 16.1 Å². The lowest BCUT2D eigenvalue weighted by Gasteiger charge is -2.40. The number of carbonyl (C=O) groups is 5. The molecule has 1 fully saturated rings. The number of rotatable bonds is 13. The molecule has 2 aromatic carbocycles. The highest BCUT2D eigenvalue weighted by molar-refractivity contribution is 6.00. The molecule has 5 aromatic rings. The van der Waals surface area contributed by atoms with Crippen molar-refractivity contribution in [3.63, 3.8) is 0 Å². The topological polar surface area (TPSA) is 221 Å². The number of benzene rings is 2. The summed E-state index contributed by atoms with van der Waals surface area (Å²) in [6.45, 7) is 11.1.